The Balaban J connectivity index is 1.93. The number of aromatic nitrogens is 3. The van der Waals surface area contributed by atoms with Gasteiger partial charge in [-0.1, -0.05) is 0 Å². The smallest absolute Gasteiger partial charge is 0.140 e. The molecule has 0 bridgehead atoms. The number of thiazole rings is 1. The summed E-state index contributed by atoms with van der Waals surface area (Å²) < 4.78 is 1.87. The van der Waals surface area contributed by atoms with Crippen molar-refractivity contribution in [2.45, 2.75) is 40.0 Å². The van der Waals surface area contributed by atoms with E-state index < -0.39 is 0 Å². The van der Waals surface area contributed by atoms with Crippen molar-refractivity contribution in [2.24, 2.45) is 7.05 Å². The molecule has 5 heteroatoms. The molecule has 2 heterocycles. The molecule has 0 N–H and O–H groups in total. The van der Waals surface area contributed by atoms with E-state index in [9.17, 15) is 4.79 Å². The summed E-state index contributed by atoms with van der Waals surface area (Å²) in [5.74, 6) is 0.247. The highest BCUT2D eigenvalue weighted by molar-refractivity contribution is 7.09. The fourth-order valence-electron chi connectivity index (χ4n) is 2.18. The monoisotopic (exact) mass is 277 g/mol. The maximum atomic E-state index is 12.0. The van der Waals surface area contributed by atoms with Crippen LogP contribution in [0.15, 0.2) is 5.38 Å². The molecule has 0 aliphatic carbocycles. The molecule has 102 valence electrons. The third-order valence-corrected chi connectivity index (χ3v) is 4.29. The predicted molar refractivity (Wildman–Crippen MR) is 76.6 cm³/mol. The van der Waals surface area contributed by atoms with Crippen molar-refractivity contribution in [1.29, 1.82) is 0 Å². The molecule has 19 heavy (non-hydrogen) atoms. The zero-order valence-electron chi connectivity index (χ0n) is 11.9. The van der Waals surface area contributed by atoms with Crippen molar-refractivity contribution in [1.82, 2.24) is 14.8 Å². The lowest BCUT2D eigenvalue weighted by atomic mass is 10.0. The molecule has 0 fully saturated rings. The highest BCUT2D eigenvalue weighted by atomic mass is 32.1. The minimum Gasteiger partial charge on any atom is -0.299 e. The van der Waals surface area contributed by atoms with Crippen LogP contribution in [0.1, 0.15) is 34.1 Å². The maximum Gasteiger partial charge on any atom is 0.140 e. The number of ketones is 1. The van der Waals surface area contributed by atoms with Crippen LogP contribution in [-0.4, -0.2) is 20.5 Å². The molecule has 2 aromatic heterocycles. The Morgan fingerprint density at radius 1 is 1.37 bits per heavy atom. The molecule has 2 aromatic rings. The number of hydrogen-bond acceptors (Lipinski definition) is 4. The largest absolute Gasteiger partial charge is 0.299 e. The van der Waals surface area contributed by atoms with Crippen LogP contribution in [0.3, 0.4) is 0 Å². The number of carbonyl (C=O) groups excluding carboxylic acids is 1. The van der Waals surface area contributed by atoms with Gasteiger partial charge in [0.05, 0.1) is 12.1 Å². The van der Waals surface area contributed by atoms with Gasteiger partial charge >= 0.3 is 0 Å². The van der Waals surface area contributed by atoms with Crippen LogP contribution >= 0.6 is 11.3 Å². The van der Waals surface area contributed by atoms with Gasteiger partial charge in [-0.05, 0) is 32.8 Å². The molecule has 0 spiro atoms. The van der Waals surface area contributed by atoms with Crippen LogP contribution in [-0.2, 0) is 24.7 Å². The quantitative estimate of drug-likeness (QED) is 0.844. The third-order valence-electron chi connectivity index (χ3n) is 3.33. The van der Waals surface area contributed by atoms with Crippen molar-refractivity contribution in [3.05, 3.63) is 33.0 Å². The molecule has 0 atom stereocenters. The summed E-state index contributed by atoms with van der Waals surface area (Å²) in [6, 6.07) is 0. The lowest BCUT2D eigenvalue weighted by Gasteiger charge is -2.01. The van der Waals surface area contributed by atoms with E-state index in [1.807, 2.05) is 37.9 Å². The average Bonchev–Trinajstić information content (AvgIpc) is 2.83. The number of hydrogen-bond donors (Lipinski definition) is 0. The van der Waals surface area contributed by atoms with Gasteiger partial charge in [0.25, 0.3) is 0 Å². The Morgan fingerprint density at radius 2 is 2.11 bits per heavy atom. The molecule has 0 aliphatic rings. The van der Waals surface area contributed by atoms with Crippen molar-refractivity contribution < 1.29 is 4.79 Å². The summed E-state index contributed by atoms with van der Waals surface area (Å²) in [7, 11) is 1.94. The van der Waals surface area contributed by atoms with E-state index in [2.05, 4.69) is 10.1 Å². The van der Waals surface area contributed by atoms with Crippen molar-refractivity contribution >= 4 is 17.1 Å². The summed E-state index contributed by atoms with van der Waals surface area (Å²) in [4.78, 5) is 16.3. The zero-order chi connectivity index (χ0) is 14.0. The van der Waals surface area contributed by atoms with Gasteiger partial charge in [0, 0.05) is 30.2 Å². The maximum absolute atomic E-state index is 12.0. The van der Waals surface area contributed by atoms with Gasteiger partial charge in [0.1, 0.15) is 10.8 Å². The van der Waals surface area contributed by atoms with E-state index in [-0.39, 0.29) is 5.78 Å². The summed E-state index contributed by atoms with van der Waals surface area (Å²) in [6.45, 7) is 5.99. The molecule has 0 radical (unpaired) electrons. The van der Waals surface area contributed by atoms with E-state index in [0.29, 0.717) is 12.8 Å². The van der Waals surface area contributed by atoms with Crippen LogP contribution in [0.25, 0.3) is 0 Å². The molecule has 2 rings (SSSR count). The number of carbonyl (C=O) groups is 1. The summed E-state index contributed by atoms with van der Waals surface area (Å²) in [5.41, 5.74) is 4.37. The first-order chi connectivity index (χ1) is 8.97. The van der Waals surface area contributed by atoms with Gasteiger partial charge in [-0.15, -0.1) is 11.3 Å². The summed E-state index contributed by atoms with van der Waals surface area (Å²) >= 11 is 1.56. The predicted octanol–water partition coefficient (Wildman–Crippen LogP) is 2.55. The molecule has 0 unspecified atom stereocenters. The average molecular weight is 277 g/mol. The number of nitrogens with zero attached hydrogens (tertiary/aromatic N) is 3. The van der Waals surface area contributed by atoms with Gasteiger partial charge in [0.15, 0.2) is 0 Å². The second-order valence-electron chi connectivity index (χ2n) is 4.87. The number of rotatable bonds is 5. The molecule has 0 amide bonds. The van der Waals surface area contributed by atoms with Crippen LogP contribution in [0.5, 0.6) is 0 Å². The standard InChI is InChI=1S/C14H19N3OS/c1-9-8-19-14(15-9)7-12(18)5-6-13-10(2)16-17(4)11(13)3/h8H,5-7H2,1-4H3. The van der Waals surface area contributed by atoms with Gasteiger partial charge < -0.3 is 0 Å². The SMILES string of the molecule is Cc1csc(CC(=O)CCc2c(C)nn(C)c2C)n1. The number of Topliss-reactive ketones (excluding diaryl/α,β-unsaturated/α-hetero) is 1. The van der Waals surface area contributed by atoms with Gasteiger partial charge in [-0.25, -0.2) is 4.98 Å². The topological polar surface area (TPSA) is 47.8 Å². The van der Waals surface area contributed by atoms with E-state index in [1.54, 1.807) is 11.3 Å². The molecule has 4 nitrogen and oxygen atoms in total. The first kappa shape index (κ1) is 13.9. The van der Waals surface area contributed by atoms with Crippen LogP contribution < -0.4 is 0 Å². The second-order valence-corrected chi connectivity index (χ2v) is 5.81. The normalized spacial score (nSPS) is 10.9. The zero-order valence-corrected chi connectivity index (χ0v) is 12.7. The first-order valence-corrected chi connectivity index (χ1v) is 7.27. The third kappa shape index (κ3) is 3.29. The molecular formula is C14H19N3OS. The minimum absolute atomic E-state index is 0.247. The van der Waals surface area contributed by atoms with Crippen molar-refractivity contribution in [3.8, 4) is 0 Å². The Hall–Kier alpha value is -1.49. The van der Waals surface area contributed by atoms with Crippen LogP contribution in [0.2, 0.25) is 0 Å². The van der Waals surface area contributed by atoms with Gasteiger partial charge in [-0.2, -0.15) is 5.10 Å². The van der Waals surface area contributed by atoms with E-state index in [4.69, 9.17) is 0 Å². The molecule has 0 aliphatic heterocycles. The highest BCUT2D eigenvalue weighted by Crippen LogP contribution is 2.16. The Labute approximate surface area is 117 Å². The van der Waals surface area contributed by atoms with E-state index >= 15 is 0 Å². The minimum atomic E-state index is 0.247. The van der Waals surface area contributed by atoms with Crippen molar-refractivity contribution in [2.75, 3.05) is 0 Å². The molecule has 0 aromatic carbocycles. The van der Waals surface area contributed by atoms with E-state index in [0.717, 1.165) is 28.5 Å². The van der Waals surface area contributed by atoms with Gasteiger partial charge in [0.2, 0.25) is 0 Å². The van der Waals surface area contributed by atoms with Gasteiger partial charge in [-0.3, -0.25) is 9.48 Å². The first-order valence-electron chi connectivity index (χ1n) is 6.39. The Morgan fingerprint density at radius 3 is 2.63 bits per heavy atom. The van der Waals surface area contributed by atoms with E-state index in [1.165, 1.54) is 5.56 Å². The van der Waals surface area contributed by atoms with Crippen molar-refractivity contribution in [3.63, 3.8) is 0 Å². The summed E-state index contributed by atoms with van der Waals surface area (Å²) in [6.07, 6.45) is 1.79. The number of aryl methyl sites for hydroxylation is 3. The second kappa shape index (κ2) is 5.65. The van der Waals surface area contributed by atoms with Crippen LogP contribution in [0, 0.1) is 20.8 Å². The Kier molecular flexibility index (Phi) is 4.14. The fraction of sp³-hybridized carbons (Fsp3) is 0.500. The lowest BCUT2D eigenvalue weighted by Crippen LogP contribution is -2.05. The molecular weight excluding hydrogens is 258 g/mol. The summed E-state index contributed by atoms with van der Waals surface area (Å²) in [5, 5.41) is 7.27. The lowest BCUT2D eigenvalue weighted by molar-refractivity contribution is -0.118. The molecule has 0 saturated heterocycles. The Bertz CT molecular complexity index is 598. The molecule has 0 saturated carbocycles. The van der Waals surface area contributed by atoms with Crippen LogP contribution in [0.4, 0.5) is 0 Å². The fourth-order valence-corrected chi connectivity index (χ4v) is 2.98. The highest BCUT2D eigenvalue weighted by Gasteiger charge is 2.12.